The molecule has 0 atom stereocenters. The van der Waals surface area contributed by atoms with Crippen molar-refractivity contribution in [2.75, 3.05) is 6.61 Å². The molecule has 0 spiro atoms. The van der Waals surface area contributed by atoms with E-state index < -0.39 is 0 Å². The van der Waals surface area contributed by atoms with E-state index in [1.165, 1.54) is 5.56 Å². The van der Waals surface area contributed by atoms with Gasteiger partial charge >= 0.3 is 0 Å². The van der Waals surface area contributed by atoms with E-state index in [2.05, 4.69) is 39.8 Å². The first-order valence-electron chi connectivity index (χ1n) is 6.36. The Kier molecular flexibility index (Phi) is 4.58. The Morgan fingerprint density at radius 3 is 2.29 bits per heavy atom. The van der Waals surface area contributed by atoms with Crippen LogP contribution in [0.3, 0.4) is 0 Å². The average Bonchev–Trinajstić information content (AvgIpc) is 2.26. The summed E-state index contributed by atoms with van der Waals surface area (Å²) in [6.45, 7) is 8.61. The van der Waals surface area contributed by atoms with Crippen molar-refractivity contribution >= 4 is 0 Å². The highest BCUT2D eigenvalue weighted by Gasteiger charge is 2.20. The number of benzene rings is 1. The molecule has 0 aliphatic heterocycles. The summed E-state index contributed by atoms with van der Waals surface area (Å²) in [6.07, 6.45) is 2.40. The van der Waals surface area contributed by atoms with Crippen molar-refractivity contribution in [2.24, 2.45) is 0 Å². The highest BCUT2D eigenvalue weighted by molar-refractivity contribution is 5.47. The molecule has 0 saturated heterocycles. The number of aliphatic hydroxyl groups is 1. The lowest BCUT2D eigenvalue weighted by molar-refractivity contribution is 0.288. The summed E-state index contributed by atoms with van der Waals surface area (Å²) < 4.78 is 0. The van der Waals surface area contributed by atoms with Gasteiger partial charge in [0.15, 0.2) is 0 Å². The third-order valence-electron chi connectivity index (χ3n) is 3.07. The normalized spacial score (nSPS) is 11.8. The summed E-state index contributed by atoms with van der Waals surface area (Å²) in [6, 6.07) is 4.15. The molecule has 1 aromatic carbocycles. The van der Waals surface area contributed by atoms with E-state index in [1.54, 1.807) is 0 Å². The van der Waals surface area contributed by atoms with Crippen molar-refractivity contribution in [1.82, 2.24) is 0 Å². The zero-order chi connectivity index (χ0) is 13.1. The number of hydrogen-bond acceptors (Lipinski definition) is 2. The van der Waals surface area contributed by atoms with Crippen molar-refractivity contribution in [3.63, 3.8) is 0 Å². The van der Waals surface area contributed by atoms with Crippen LogP contribution in [0.25, 0.3) is 0 Å². The monoisotopic (exact) mass is 236 g/mol. The fraction of sp³-hybridized carbons (Fsp3) is 0.600. The second kappa shape index (κ2) is 5.54. The summed E-state index contributed by atoms with van der Waals surface area (Å²) in [5.74, 6) is 0.406. The van der Waals surface area contributed by atoms with Crippen LogP contribution in [0.2, 0.25) is 0 Å². The maximum Gasteiger partial charge on any atom is 0.122 e. The lowest BCUT2D eigenvalue weighted by Crippen LogP contribution is -2.13. The van der Waals surface area contributed by atoms with Crippen LogP contribution in [0, 0.1) is 0 Å². The van der Waals surface area contributed by atoms with Gasteiger partial charge in [0.25, 0.3) is 0 Å². The Bertz CT molecular complexity index is 375. The van der Waals surface area contributed by atoms with Crippen molar-refractivity contribution < 1.29 is 10.2 Å². The van der Waals surface area contributed by atoms with E-state index in [-0.39, 0.29) is 12.0 Å². The minimum absolute atomic E-state index is 0.0524. The lowest BCUT2D eigenvalue weighted by atomic mass is 9.83. The first-order chi connectivity index (χ1) is 7.90. The fourth-order valence-electron chi connectivity index (χ4n) is 2.00. The average molecular weight is 236 g/mol. The van der Waals surface area contributed by atoms with Crippen molar-refractivity contribution in [3.05, 3.63) is 28.8 Å². The molecule has 2 nitrogen and oxygen atoms in total. The SMILES string of the molecule is CCc1cc(CCCO)c(O)c(C(C)(C)C)c1. The lowest BCUT2D eigenvalue weighted by Gasteiger charge is -2.23. The van der Waals surface area contributed by atoms with E-state index in [0.29, 0.717) is 12.2 Å². The molecule has 0 fully saturated rings. The largest absolute Gasteiger partial charge is 0.507 e. The van der Waals surface area contributed by atoms with Crippen LogP contribution in [0.5, 0.6) is 5.75 Å². The number of rotatable bonds is 4. The molecule has 0 heterocycles. The quantitative estimate of drug-likeness (QED) is 0.843. The van der Waals surface area contributed by atoms with Gasteiger partial charge in [0.1, 0.15) is 5.75 Å². The van der Waals surface area contributed by atoms with E-state index in [9.17, 15) is 5.11 Å². The van der Waals surface area contributed by atoms with Gasteiger partial charge < -0.3 is 10.2 Å². The van der Waals surface area contributed by atoms with Crippen LogP contribution in [0.1, 0.15) is 50.8 Å². The molecule has 0 aliphatic rings. The molecule has 0 aromatic heterocycles. The van der Waals surface area contributed by atoms with Gasteiger partial charge in [0.05, 0.1) is 0 Å². The number of aryl methyl sites for hydroxylation is 2. The summed E-state index contributed by atoms with van der Waals surface area (Å²) in [4.78, 5) is 0. The molecule has 0 saturated carbocycles. The summed E-state index contributed by atoms with van der Waals surface area (Å²) in [7, 11) is 0. The summed E-state index contributed by atoms with van der Waals surface area (Å²) in [5.41, 5.74) is 3.16. The maximum atomic E-state index is 10.3. The first-order valence-corrected chi connectivity index (χ1v) is 6.36. The van der Waals surface area contributed by atoms with Gasteiger partial charge in [-0.15, -0.1) is 0 Å². The molecule has 0 aliphatic carbocycles. The first kappa shape index (κ1) is 14.0. The Hall–Kier alpha value is -1.02. The number of hydrogen-bond donors (Lipinski definition) is 2. The minimum atomic E-state index is -0.0524. The second-order valence-electron chi connectivity index (χ2n) is 5.58. The molecule has 1 aromatic rings. The third-order valence-corrected chi connectivity index (χ3v) is 3.07. The summed E-state index contributed by atoms with van der Waals surface area (Å²) in [5, 5.41) is 19.2. The molecule has 0 bridgehead atoms. The predicted octanol–water partition coefficient (Wildman–Crippen LogP) is 3.18. The summed E-state index contributed by atoms with van der Waals surface area (Å²) >= 11 is 0. The van der Waals surface area contributed by atoms with Crippen molar-refractivity contribution in [2.45, 2.75) is 52.4 Å². The molecule has 1 rings (SSSR count). The van der Waals surface area contributed by atoms with E-state index in [0.717, 1.165) is 24.0 Å². The van der Waals surface area contributed by atoms with Gasteiger partial charge in [0.2, 0.25) is 0 Å². The van der Waals surface area contributed by atoms with Gasteiger partial charge in [-0.1, -0.05) is 39.8 Å². The number of phenolic OH excluding ortho intramolecular Hbond substituents is 1. The Balaban J connectivity index is 3.21. The van der Waals surface area contributed by atoms with Crippen LogP contribution in [0.15, 0.2) is 12.1 Å². The molecule has 2 N–H and O–H groups in total. The van der Waals surface area contributed by atoms with Gasteiger partial charge in [-0.25, -0.2) is 0 Å². The molecule has 0 amide bonds. The van der Waals surface area contributed by atoms with Gasteiger partial charge in [-0.3, -0.25) is 0 Å². The van der Waals surface area contributed by atoms with Crippen molar-refractivity contribution in [1.29, 1.82) is 0 Å². The molecule has 96 valence electrons. The molecule has 2 heteroatoms. The molecule has 0 radical (unpaired) electrons. The predicted molar refractivity (Wildman–Crippen MR) is 71.6 cm³/mol. The van der Waals surface area contributed by atoms with Crippen LogP contribution in [-0.2, 0) is 18.3 Å². The van der Waals surface area contributed by atoms with Gasteiger partial charge in [-0.05, 0) is 41.4 Å². The standard InChI is InChI=1S/C15H24O2/c1-5-11-9-12(7-6-8-16)14(17)13(10-11)15(2,3)4/h9-10,16-17H,5-8H2,1-4H3. The van der Waals surface area contributed by atoms with Gasteiger partial charge in [-0.2, -0.15) is 0 Å². The maximum absolute atomic E-state index is 10.3. The van der Waals surface area contributed by atoms with Crippen LogP contribution < -0.4 is 0 Å². The van der Waals surface area contributed by atoms with E-state index in [4.69, 9.17) is 5.11 Å². The smallest absolute Gasteiger partial charge is 0.122 e. The van der Waals surface area contributed by atoms with Gasteiger partial charge in [0, 0.05) is 6.61 Å². The number of phenols is 1. The highest BCUT2D eigenvalue weighted by Crippen LogP contribution is 2.35. The topological polar surface area (TPSA) is 40.5 Å². The zero-order valence-corrected chi connectivity index (χ0v) is 11.4. The Labute approximate surface area is 104 Å². The van der Waals surface area contributed by atoms with Crippen molar-refractivity contribution in [3.8, 4) is 5.75 Å². The molecule has 17 heavy (non-hydrogen) atoms. The zero-order valence-electron chi connectivity index (χ0n) is 11.4. The second-order valence-corrected chi connectivity index (χ2v) is 5.58. The number of aromatic hydroxyl groups is 1. The molecular formula is C15H24O2. The van der Waals surface area contributed by atoms with Crippen LogP contribution >= 0.6 is 0 Å². The Morgan fingerprint density at radius 1 is 1.18 bits per heavy atom. The van der Waals surface area contributed by atoms with Crippen LogP contribution in [-0.4, -0.2) is 16.8 Å². The fourth-order valence-corrected chi connectivity index (χ4v) is 2.00. The number of aliphatic hydroxyl groups excluding tert-OH is 1. The molecular weight excluding hydrogens is 212 g/mol. The van der Waals surface area contributed by atoms with Crippen LogP contribution in [0.4, 0.5) is 0 Å². The minimum Gasteiger partial charge on any atom is -0.507 e. The van der Waals surface area contributed by atoms with E-state index in [1.807, 2.05) is 0 Å². The highest BCUT2D eigenvalue weighted by atomic mass is 16.3. The Morgan fingerprint density at radius 2 is 1.82 bits per heavy atom. The molecule has 0 unspecified atom stereocenters. The third kappa shape index (κ3) is 3.47. The van der Waals surface area contributed by atoms with E-state index >= 15 is 0 Å².